The van der Waals surface area contributed by atoms with E-state index in [0.29, 0.717) is 37.8 Å². The van der Waals surface area contributed by atoms with Gasteiger partial charge in [0.25, 0.3) is 5.91 Å². The molecule has 46 heavy (non-hydrogen) atoms. The number of rotatable bonds is 9. The minimum Gasteiger partial charge on any atom is -0.488 e. The first-order valence-electron chi connectivity index (χ1n) is 15.2. The Kier molecular flexibility index (Phi) is 12.0. The number of fused-ring (bicyclic) bond motifs is 2. The summed E-state index contributed by atoms with van der Waals surface area (Å²) in [5.74, 6) is -3.19. The summed E-state index contributed by atoms with van der Waals surface area (Å²) in [5.41, 5.74) is 12.2. The van der Waals surface area contributed by atoms with Crippen molar-refractivity contribution in [3.05, 3.63) is 53.1 Å². The zero-order chi connectivity index (χ0) is 33.1. The van der Waals surface area contributed by atoms with E-state index >= 15 is 0 Å². The van der Waals surface area contributed by atoms with Gasteiger partial charge in [0.2, 0.25) is 29.5 Å². The molecule has 1 atom stereocenters. The Morgan fingerprint density at radius 2 is 1.78 bits per heavy atom. The standard InChI is InChI=1S/C31H40N8O7/c32-10-2-1-3-23-31(45)39-24-13-19(28(33)42)4-5-20(24)17-46-25-7-6-21(14-22(25)30(44)36-16-27(41)38-23)37-26(40)15-35-29(43)18-8-11-34-12-9-18/h4-7,13-14,18,23,34H,1-3,8-12,15-17,32H2,(H2,33,42)(H,35,43)(H,36,44)(H,37,40)(H,38,41)(H,39,45)/t23-/m0/s1. The van der Waals surface area contributed by atoms with E-state index in [4.69, 9.17) is 16.2 Å². The lowest BCUT2D eigenvalue weighted by Gasteiger charge is -2.22. The molecule has 0 radical (unpaired) electrons. The number of piperidine rings is 1. The molecule has 0 unspecified atom stereocenters. The van der Waals surface area contributed by atoms with Crippen molar-refractivity contribution in [3.8, 4) is 5.75 Å². The van der Waals surface area contributed by atoms with Crippen LogP contribution in [0.4, 0.5) is 11.4 Å². The first-order chi connectivity index (χ1) is 22.1. The molecule has 15 heteroatoms. The summed E-state index contributed by atoms with van der Waals surface area (Å²) >= 11 is 0. The van der Waals surface area contributed by atoms with E-state index in [1.807, 2.05) is 0 Å². The molecule has 2 heterocycles. The predicted molar refractivity (Wildman–Crippen MR) is 169 cm³/mol. The van der Waals surface area contributed by atoms with Crippen LogP contribution in [0.2, 0.25) is 0 Å². The van der Waals surface area contributed by atoms with Crippen molar-refractivity contribution in [1.29, 1.82) is 0 Å². The number of hydrogen-bond acceptors (Lipinski definition) is 9. The number of carbonyl (C=O) groups is 6. The number of nitrogens with one attached hydrogen (secondary N) is 6. The van der Waals surface area contributed by atoms with Crippen LogP contribution in [0.1, 0.15) is 58.4 Å². The quantitative estimate of drug-likeness (QED) is 0.169. The summed E-state index contributed by atoms with van der Waals surface area (Å²) in [4.78, 5) is 76.3. The van der Waals surface area contributed by atoms with Crippen molar-refractivity contribution in [2.24, 2.45) is 17.4 Å². The molecule has 1 saturated heterocycles. The van der Waals surface area contributed by atoms with Gasteiger partial charge in [-0.2, -0.15) is 0 Å². The molecular formula is C31H40N8O7. The molecule has 4 rings (SSSR count). The second kappa shape index (κ2) is 16.3. The molecule has 6 amide bonds. The van der Waals surface area contributed by atoms with E-state index in [9.17, 15) is 28.8 Å². The van der Waals surface area contributed by atoms with Crippen molar-refractivity contribution < 1.29 is 33.5 Å². The Bertz CT molecular complexity index is 1470. The van der Waals surface area contributed by atoms with E-state index < -0.39 is 42.1 Å². The van der Waals surface area contributed by atoms with Gasteiger partial charge in [-0.1, -0.05) is 6.07 Å². The highest BCUT2D eigenvalue weighted by atomic mass is 16.5. The van der Waals surface area contributed by atoms with Crippen molar-refractivity contribution >= 4 is 46.8 Å². The minimum atomic E-state index is -0.950. The van der Waals surface area contributed by atoms with Crippen LogP contribution in [-0.2, 0) is 25.8 Å². The lowest BCUT2D eigenvalue weighted by atomic mass is 9.97. The Morgan fingerprint density at radius 1 is 1.00 bits per heavy atom. The lowest BCUT2D eigenvalue weighted by Crippen LogP contribution is -2.47. The van der Waals surface area contributed by atoms with Crippen LogP contribution in [-0.4, -0.2) is 74.2 Å². The van der Waals surface area contributed by atoms with Crippen LogP contribution in [0.25, 0.3) is 0 Å². The average Bonchev–Trinajstić information content (AvgIpc) is 3.05. The van der Waals surface area contributed by atoms with Crippen LogP contribution < -0.4 is 48.1 Å². The zero-order valence-corrected chi connectivity index (χ0v) is 25.4. The van der Waals surface area contributed by atoms with Gasteiger partial charge in [0.15, 0.2) is 0 Å². The third kappa shape index (κ3) is 9.49. The van der Waals surface area contributed by atoms with Crippen molar-refractivity contribution in [1.82, 2.24) is 21.3 Å². The van der Waals surface area contributed by atoms with E-state index in [-0.39, 0.29) is 59.6 Å². The highest BCUT2D eigenvalue weighted by Crippen LogP contribution is 2.27. The number of ether oxygens (including phenoxy) is 1. The van der Waals surface area contributed by atoms with Gasteiger partial charge in [-0.3, -0.25) is 28.8 Å². The monoisotopic (exact) mass is 636 g/mol. The highest BCUT2D eigenvalue weighted by Gasteiger charge is 2.25. The van der Waals surface area contributed by atoms with E-state index in [1.54, 1.807) is 6.07 Å². The molecule has 10 N–H and O–H groups in total. The molecule has 2 aliphatic rings. The summed E-state index contributed by atoms with van der Waals surface area (Å²) in [6.07, 6.45) is 2.87. The van der Waals surface area contributed by atoms with Crippen LogP contribution >= 0.6 is 0 Å². The van der Waals surface area contributed by atoms with Gasteiger partial charge in [-0.25, -0.2) is 0 Å². The van der Waals surface area contributed by atoms with Gasteiger partial charge in [0, 0.05) is 28.4 Å². The second-order valence-corrected chi connectivity index (χ2v) is 11.1. The van der Waals surface area contributed by atoms with E-state index in [0.717, 1.165) is 13.1 Å². The first kappa shape index (κ1) is 33.9. The van der Waals surface area contributed by atoms with Gasteiger partial charge >= 0.3 is 0 Å². The van der Waals surface area contributed by atoms with E-state index in [1.165, 1.54) is 30.3 Å². The highest BCUT2D eigenvalue weighted by molar-refractivity contribution is 6.03. The second-order valence-electron chi connectivity index (χ2n) is 11.1. The maximum absolute atomic E-state index is 13.3. The summed E-state index contributed by atoms with van der Waals surface area (Å²) in [7, 11) is 0. The molecular weight excluding hydrogens is 596 g/mol. The summed E-state index contributed by atoms with van der Waals surface area (Å²) < 4.78 is 5.99. The van der Waals surface area contributed by atoms with Crippen molar-refractivity contribution in [3.63, 3.8) is 0 Å². The number of primary amides is 1. The SMILES string of the molecule is NCCCC[C@@H]1NC(=O)CNC(=O)c2cc(NC(=O)CNC(=O)C3CCNCC3)ccc2OCc2ccc(C(N)=O)cc2NC1=O. The fraction of sp³-hybridized carbons (Fsp3) is 0.419. The third-order valence-corrected chi connectivity index (χ3v) is 7.68. The third-order valence-electron chi connectivity index (χ3n) is 7.68. The molecule has 15 nitrogen and oxygen atoms in total. The predicted octanol–water partition coefficient (Wildman–Crippen LogP) is -0.285. The largest absolute Gasteiger partial charge is 0.488 e. The summed E-state index contributed by atoms with van der Waals surface area (Å²) in [5, 5.41) is 16.5. The smallest absolute Gasteiger partial charge is 0.255 e. The Morgan fingerprint density at radius 3 is 2.52 bits per heavy atom. The van der Waals surface area contributed by atoms with Gasteiger partial charge in [-0.05, 0) is 82.1 Å². The van der Waals surface area contributed by atoms with Crippen LogP contribution in [0.15, 0.2) is 36.4 Å². The maximum Gasteiger partial charge on any atom is 0.255 e. The van der Waals surface area contributed by atoms with Gasteiger partial charge in [0.1, 0.15) is 18.4 Å². The number of hydrogen-bond donors (Lipinski definition) is 8. The molecule has 246 valence electrons. The van der Waals surface area contributed by atoms with Crippen LogP contribution in [0.3, 0.4) is 0 Å². The molecule has 2 aliphatic heterocycles. The van der Waals surface area contributed by atoms with Gasteiger partial charge < -0.3 is 48.1 Å². The number of nitrogens with two attached hydrogens (primary N) is 2. The molecule has 0 spiro atoms. The number of carbonyl (C=O) groups excluding carboxylic acids is 6. The molecule has 0 aromatic heterocycles. The zero-order valence-electron chi connectivity index (χ0n) is 25.4. The van der Waals surface area contributed by atoms with E-state index in [2.05, 4.69) is 31.9 Å². The van der Waals surface area contributed by atoms with Gasteiger partial charge in [-0.15, -0.1) is 0 Å². The summed E-state index contributed by atoms with van der Waals surface area (Å²) in [6.45, 7) is 1.10. The van der Waals surface area contributed by atoms with Crippen LogP contribution in [0, 0.1) is 5.92 Å². The Labute approximate surface area is 265 Å². The molecule has 1 fully saturated rings. The number of anilines is 2. The molecule has 0 saturated carbocycles. The van der Waals surface area contributed by atoms with Crippen molar-refractivity contribution in [2.45, 2.75) is 44.8 Å². The molecule has 0 bridgehead atoms. The fourth-order valence-electron chi connectivity index (χ4n) is 5.12. The van der Waals surface area contributed by atoms with Crippen molar-refractivity contribution in [2.75, 3.05) is 43.4 Å². The van der Waals surface area contributed by atoms with Crippen LogP contribution in [0.5, 0.6) is 5.75 Å². The molecule has 0 aliphatic carbocycles. The Balaban J connectivity index is 1.55. The minimum absolute atomic E-state index is 0.0280. The average molecular weight is 637 g/mol. The normalized spacial score (nSPS) is 17.5. The Hall–Kier alpha value is -5.02. The summed E-state index contributed by atoms with van der Waals surface area (Å²) in [6, 6.07) is 7.92. The molecule has 2 aromatic carbocycles. The number of amides is 6. The lowest BCUT2D eigenvalue weighted by molar-refractivity contribution is -0.127. The fourth-order valence-corrected chi connectivity index (χ4v) is 5.12. The molecule has 2 aromatic rings. The topological polar surface area (TPSA) is 236 Å². The first-order valence-corrected chi connectivity index (χ1v) is 15.2. The number of unbranched alkanes of at least 4 members (excludes halogenated alkanes) is 1. The maximum atomic E-state index is 13.3. The van der Waals surface area contributed by atoms with Gasteiger partial charge in [0.05, 0.1) is 18.7 Å². The number of benzene rings is 2.